The van der Waals surface area contributed by atoms with Crippen molar-refractivity contribution in [2.24, 2.45) is 0 Å². The minimum absolute atomic E-state index is 0.183. The Morgan fingerprint density at radius 3 is 2.11 bits per heavy atom. The van der Waals surface area contributed by atoms with Crippen molar-refractivity contribution in [1.29, 1.82) is 0 Å². The van der Waals surface area contributed by atoms with Crippen LogP contribution < -0.4 is 5.32 Å². The molecule has 2 rings (SSSR count). The molecule has 0 aromatic heterocycles. The molecule has 1 aliphatic carbocycles. The average molecular weight is 273 g/mol. The first-order valence-electron chi connectivity index (χ1n) is 5.48. The van der Waals surface area contributed by atoms with Crippen LogP contribution in [0.1, 0.15) is 33.6 Å². The lowest BCUT2D eigenvalue weighted by Crippen LogP contribution is -2.48. The molecule has 1 aromatic rings. The Bertz CT molecular complexity index is 535. The Kier molecular flexibility index (Phi) is 3.00. The highest BCUT2D eigenvalue weighted by molar-refractivity contribution is 6.05. The van der Waals surface area contributed by atoms with E-state index in [0.29, 0.717) is 0 Å². The highest BCUT2D eigenvalue weighted by Crippen LogP contribution is 2.49. The third-order valence-corrected chi connectivity index (χ3v) is 3.05. The van der Waals surface area contributed by atoms with E-state index in [4.69, 9.17) is 5.11 Å². The number of amides is 1. The summed E-state index contributed by atoms with van der Waals surface area (Å²) in [6.07, 6.45) is -4.89. The van der Waals surface area contributed by atoms with Crippen molar-refractivity contribution >= 4 is 11.9 Å². The van der Waals surface area contributed by atoms with Crippen molar-refractivity contribution in [2.75, 3.05) is 0 Å². The van der Waals surface area contributed by atoms with E-state index in [0.717, 1.165) is 0 Å². The molecule has 19 heavy (non-hydrogen) atoms. The number of carbonyl (C=O) groups excluding carboxylic acids is 1. The summed E-state index contributed by atoms with van der Waals surface area (Å²) in [5.74, 6) is -2.38. The minimum atomic E-state index is -4.53. The number of rotatable bonds is 3. The predicted octanol–water partition coefficient (Wildman–Crippen LogP) is 2.21. The Morgan fingerprint density at radius 1 is 1.16 bits per heavy atom. The smallest absolute Gasteiger partial charge is 0.411 e. The van der Waals surface area contributed by atoms with Gasteiger partial charge in [-0.15, -0.1) is 0 Å². The molecule has 7 heteroatoms. The largest absolute Gasteiger partial charge is 0.478 e. The second-order valence-electron chi connectivity index (χ2n) is 4.38. The number of carboxylic acids is 1. The molecule has 0 bridgehead atoms. The van der Waals surface area contributed by atoms with Gasteiger partial charge in [-0.05, 0) is 25.0 Å². The molecular weight excluding hydrogens is 263 g/mol. The maximum Gasteiger partial charge on any atom is 0.411 e. The fourth-order valence-electron chi connectivity index (χ4n) is 1.76. The van der Waals surface area contributed by atoms with E-state index in [2.05, 4.69) is 0 Å². The van der Waals surface area contributed by atoms with Crippen LogP contribution in [0, 0.1) is 0 Å². The van der Waals surface area contributed by atoms with Gasteiger partial charge in [0.05, 0.1) is 11.1 Å². The third-order valence-electron chi connectivity index (χ3n) is 3.05. The van der Waals surface area contributed by atoms with Crippen LogP contribution in [0.4, 0.5) is 13.2 Å². The lowest BCUT2D eigenvalue weighted by Gasteiger charge is -2.21. The quantitative estimate of drug-likeness (QED) is 0.887. The maximum atomic E-state index is 12.7. The summed E-state index contributed by atoms with van der Waals surface area (Å²) in [7, 11) is 0. The molecule has 0 unspecified atom stereocenters. The van der Waals surface area contributed by atoms with Gasteiger partial charge in [0.25, 0.3) is 5.91 Å². The lowest BCUT2D eigenvalue weighted by atomic mass is 10.1. The molecule has 102 valence electrons. The SMILES string of the molecule is O=C(O)c1ccccc1C(=O)NC1(C(F)(F)F)CC1. The van der Waals surface area contributed by atoms with Gasteiger partial charge in [-0.3, -0.25) is 4.79 Å². The van der Waals surface area contributed by atoms with E-state index in [1.807, 2.05) is 5.32 Å². The van der Waals surface area contributed by atoms with Crippen LogP contribution in [0.2, 0.25) is 0 Å². The molecule has 1 amide bonds. The zero-order valence-corrected chi connectivity index (χ0v) is 9.62. The van der Waals surface area contributed by atoms with E-state index in [9.17, 15) is 22.8 Å². The van der Waals surface area contributed by atoms with Crippen molar-refractivity contribution in [3.05, 3.63) is 35.4 Å². The Morgan fingerprint density at radius 2 is 1.68 bits per heavy atom. The summed E-state index contributed by atoms with van der Waals surface area (Å²) in [4.78, 5) is 22.7. The molecule has 0 radical (unpaired) electrons. The highest BCUT2D eigenvalue weighted by Gasteiger charge is 2.64. The first kappa shape index (κ1) is 13.4. The van der Waals surface area contributed by atoms with Crippen molar-refractivity contribution in [2.45, 2.75) is 24.6 Å². The van der Waals surface area contributed by atoms with Crippen LogP contribution in [-0.4, -0.2) is 28.7 Å². The van der Waals surface area contributed by atoms with E-state index in [1.165, 1.54) is 24.3 Å². The van der Waals surface area contributed by atoms with Crippen LogP contribution in [-0.2, 0) is 0 Å². The summed E-state index contributed by atoms with van der Waals surface area (Å²) in [6.45, 7) is 0. The lowest BCUT2D eigenvalue weighted by molar-refractivity contribution is -0.163. The average Bonchev–Trinajstić information content (AvgIpc) is 3.09. The number of aromatic carboxylic acids is 1. The molecule has 4 nitrogen and oxygen atoms in total. The summed E-state index contributed by atoms with van der Waals surface area (Å²) < 4.78 is 38.1. The van der Waals surface area contributed by atoms with E-state index in [1.54, 1.807) is 0 Å². The number of benzene rings is 1. The van der Waals surface area contributed by atoms with Gasteiger partial charge >= 0.3 is 12.1 Å². The summed E-state index contributed by atoms with van der Waals surface area (Å²) in [5, 5.41) is 10.8. The molecule has 0 aliphatic heterocycles. The number of halogens is 3. The molecule has 0 heterocycles. The summed E-state index contributed by atoms with van der Waals surface area (Å²) in [5.41, 5.74) is -2.79. The molecule has 0 atom stereocenters. The zero-order chi connectivity index (χ0) is 14.3. The van der Waals surface area contributed by atoms with Gasteiger partial charge in [-0.2, -0.15) is 13.2 Å². The van der Waals surface area contributed by atoms with Crippen LogP contribution in [0.15, 0.2) is 24.3 Å². The van der Waals surface area contributed by atoms with Crippen LogP contribution in [0.3, 0.4) is 0 Å². The molecule has 0 spiro atoms. The zero-order valence-electron chi connectivity index (χ0n) is 9.62. The number of carbonyl (C=O) groups is 2. The van der Waals surface area contributed by atoms with Crippen LogP contribution >= 0.6 is 0 Å². The van der Waals surface area contributed by atoms with E-state index in [-0.39, 0.29) is 24.0 Å². The summed E-state index contributed by atoms with van der Waals surface area (Å²) in [6, 6.07) is 5.15. The van der Waals surface area contributed by atoms with Gasteiger partial charge in [0, 0.05) is 0 Å². The number of alkyl halides is 3. The fourth-order valence-corrected chi connectivity index (χ4v) is 1.76. The van der Waals surface area contributed by atoms with Crippen LogP contribution in [0.25, 0.3) is 0 Å². The van der Waals surface area contributed by atoms with Gasteiger partial charge in [0.1, 0.15) is 5.54 Å². The molecule has 1 aliphatic rings. The Labute approximate surface area is 106 Å². The first-order valence-corrected chi connectivity index (χ1v) is 5.48. The minimum Gasteiger partial charge on any atom is -0.478 e. The Hall–Kier alpha value is -2.05. The number of carboxylic acid groups (broad SMARTS) is 1. The van der Waals surface area contributed by atoms with Crippen molar-refractivity contribution in [3.63, 3.8) is 0 Å². The molecule has 1 saturated carbocycles. The van der Waals surface area contributed by atoms with Crippen molar-refractivity contribution in [3.8, 4) is 0 Å². The number of hydrogen-bond acceptors (Lipinski definition) is 2. The second-order valence-corrected chi connectivity index (χ2v) is 4.38. The molecule has 0 saturated heterocycles. The highest BCUT2D eigenvalue weighted by atomic mass is 19.4. The topological polar surface area (TPSA) is 66.4 Å². The first-order chi connectivity index (χ1) is 8.77. The molecule has 1 fully saturated rings. The number of nitrogens with one attached hydrogen (secondary N) is 1. The van der Waals surface area contributed by atoms with Gasteiger partial charge in [0.2, 0.25) is 0 Å². The van der Waals surface area contributed by atoms with Crippen molar-refractivity contribution in [1.82, 2.24) is 5.32 Å². The predicted molar refractivity (Wildman–Crippen MR) is 58.9 cm³/mol. The van der Waals surface area contributed by atoms with Crippen molar-refractivity contribution < 1.29 is 27.9 Å². The van der Waals surface area contributed by atoms with Crippen LogP contribution in [0.5, 0.6) is 0 Å². The maximum absolute atomic E-state index is 12.7. The van der Waals surface area contributed by atoms with Gasteiger partial charge in [-0.1, -0.05) is 12.1 Å². The standard InChI is InChI=1S/C12H10F3NO3/c13-12(14,15)11(5-6-11)16-9(17)7-3-1-2-4-8(7)10(18)19/h1-4H,5-6H2,(H,16,17)(H,18,19). The Balaban J connectivity index is 2.25. The van der Waals surface area contributed by atoms with Gasteiger partial charge < -0.3 is 10.4 Å². The second kappa shape index (κ2) is 4.25. The molecule has 1 aromatic carbocycles. The molecule has 2 N–H and O–H groups in total. The van der Waals surface area contributed by atoms with Gasteiger partial charge in [0.15, 0.2) is 0 Å². The monoisotopic (exact) mass is 273 g/mol. The summed E-state index contributed by atoms with van der Waals surface area (Å²) >= 11 is 0. The normalized spacial score (nSPS) is 16.8. The fraction of sp³-hybridized carbons (Fsp3) is 0.333. The molecular formula is C12H10F3NO3. The number of hydrogen-bond donors (Lipinski definition) is 2. The van der Waals surface area contributed by atoms with Gasteiger partial charge in [-0.25, -0.2) is 4.79 Å². The third kappa shape index (κ3) is 2.40. The van der Waals surface area contributed by atoms with E-state index < -0.39 is 23.6 Å². The van der Waals surface area contributed by atoms with E-state index >= 15 is 0 Å².